The number of pyridine rings is 2. The molecule has 2 rings (SSSR count). The summed E-state index contributed by atoms with van der Waals surface area (Å²) in [6.07, 6.45) is 5.29. The van der Waals surface area contributed by atoms with Crippen molar-refractivity contribution in [2.75, 3.05) is 0 Å². The number of nitrogens with zero attached hydrogens (tertiary/aromatic N) is 2. The molecule has 0 atom stereocenters. The van der Waals surface area contributed by atoms with Crippen LogP contribution in [0, 0.1) is 6.92 Å². The maximum absolute atomic E-state index is 3.98. The van der Waals surface area contributed by atoms with E-state index in [4.69, 9.17) is 0 Å². The molecule has 0 unspecified atom stereocenters. The molecule has 0 saturated carbocycles. The van der Waals surface area contributed by atoms with E-state index < -0.39 is 0 Å². The molecule has 2 nitrogen and oxygen atoms in total. The maximum atomic E-state index is 3.98. The van der Waals surface area contributed by atoms with E-state index in [1.54, 1.807) is 18.6 Å². The van der Waals surface area contributed by atoms with Crippen molar-refractivity contribution in [1.29, 1.82) is 0 Å². The van der Waals surface area contributed by atoms with Gasteiger partial charge in [0, 0.05) is 24.3 Å². The second kappa shape index (κ2) is 7.92. The van der Waals surface area contributed by atoms with Crippen molar-refractivity contribution in [3.05, 3.63) is 60.7 Å². The number of aromatic nitrogens is 2. The number of hydrogen-bond acceptors (Lipinski definition) is 2. The molecule has 0 aromatic carbocycles. The van der Waals surface area contributed by atoms with Gasteiger partial charge >= 0.3 is 0 Å². The Morgan fingerprint density at radius 3 is 1.71 bits per heavy atom. The molecule has 2 heterocycles. The first-order valence-corrected chi connectivity index (χ1v) is 4.12. The first kappa shape index (κ1) is 12.3. The molecule has 0 radical (unpaired) electrons. The fourth-order valence-electron chi connectivity index (χ4n) is 0.761. The van der Waals surface area contributed by atoms with Gasteiger partial charge in [-0.1, -0.05) is 19.6 Å². The molecule has 0 N–H and O–H groups in total. The summed E-state index contributed by atoms with van der Waals surface area (Å²) in [5.41, 5.74) is 1.07. The van der Waals surface area contributed by atoms with Crippen LogP contribution in [0.2, 0.25) is 0 Å². The Morgan fingerprint density at radius 2 is 1.50 bits per heavy atom. The van der Waals surface area contributed by atoms with E-state index in [1.807, 2.05) is 43.3 Å². The third-order valence-corrected chi connectivity index (χ3v) is 1.38. The lowest BCUT2D eigenvalue weighted by Gasteiger charge is -1.82. The quantitative estimate of drug-likeness (QED) is 0.635. The topological polar surface area (TPSA) is 25.8 Å². The van der Waals surface area contributed by atoms with Crippen molar-refractivity contribution in [3.8, 4) is 0 Å². The minimum Gasteiger partial charge on any atom is -0.265 e. The van der Waals surface area contributed by atoms with Crippen LogP contribution in [0.5, 0.6) is 0 Å². The Bertz CT molecular complexity index is 279. The highest BCUT2D eigenvalue weighted by atomic mass is 14.6. The smallest absolute Gasteiger partial charge is 0.0372 e. The van der Waals surface area contributed by atoms with Gasteiger partial charge in [0.2, 0.25) is 0 Å². The minimum atomic E-state index is 0. The Kier molecular flexibility index (Phi) is 6.96. The first-order valence-electron chi connectivity index (χ1n) is 4.12. The third kappa shape index (κ3) is 5.89. The SMILES string of the molecule is C.Cc1ccccn1.c1ccncc1. The molecule has 2 aromatic rings. The molecule has 0 spiro atoms. The summed E-state index contributed by atoms with van der Waals surface area (Å²) in [4.78, 5) is 7.76. The Hall–Kier alpha value is -1.70. The monoisotopic (exact) mass is 188 g/mol. The van der Waals surface area contributed by atoms with Gasteiger partial charge in [-0.25, -0.2) is 0 Å². The summed E-state index contributed by atoms with van der Waals surface area (Å²) >= 11 is 0. The van der Waals surface area contributed by atoms with Crippen LogP contribution in [0.15, 0.2) is 55.0 Å². The Labute approximate surface area is 85.7 Å². The molecule has 0 fully saturated rings. The van der Waals surface area contributed by atoms with Crippen molar-refractivity contribution in [2.45, 2.75) is 14.4 Å². The van der Waals surface area contributed by atoms with E-state index >= 15 is 0 Å². The number of aryl methyl sites for hydroxylation is 1. The van der Waals surface area contributed by atoms with E-state index in [-0.39, 0.29) is 7.43 Å². The Morgan fingerprint density at radius 1 is 0.857 bits per heavy atom. The van der Waals surface area contributed by atoms with E-state index in [0.29, 0.717) is 0 Å². The van der Waals surface area contributed by atoms with Gasteiger partial charge in [0.05, 0.1) is 0 Å². The fraction of sp³-hybridized carbons (Fsp3) is 0.167. The fourth-order valence-corrected chi connectivity index (χ4v) is 0.761. The maximum Gasteiger partial charge on any atom is 0.0372 e. The third-order valence-electron chi connectivity index (χ3n) is 1.38. The average Bonchev–Trinajstić information content (AvgIpc) is 2.22. The highest BCUT2D eigenvalue weighted by Gasteiger charge is 1.73. The molecular formula is C12H16N2. The van der Waals surface area contributed by atoms with Gasteiger partial charge in [-0.15, -0.1) is 0 Å². The summed E-state index contributed by atoms with van der Waals surface area (Å²) in [7, 11) is 0. The van der Waals surface area contributed by atoms with Gasteiger partial charge in [0.25, 0.3) is 0 Å². The predicted molar refractivity (Wildman–Crippen MR) is 59.9 cm³/mol. The van der Waals surface area contributed by atoms with E-state index in [1.165, 1.54) is 0 Å². The van der Waals surface area contributed by atoms with Crippen LogP contribution in [0.4, 0.5) is 0 Å². The van der Waals surface area contributed by atoms with Crippen LogP contribution in [0.3, 0.4) is 0 Å². The summed E-state index contributed by atoms with van der Waals surface area (Å²) in [6.45, 7) is 1.97. The van der Waals surface area contributed by atoms with Gasteiger partial charge in [0.1, 0.15) is 0 Å². The largest absolute Gasteiger partial charge is 0.265 e. The van der Waals surface area contributed by atoms with Crippen molar-refractivity contribution in [2.24, 2.45) is 0 Å². The van der Waals surface area contributed by atoms with Crippen LogP contribution >= 0.6 is 0 Å². The van der Waals surface area contributed by atoms with E-state index in [0.717, 1.165) is 5.69 Å². The highest BCUT2D eigenvalue weighted by Crippen LogP contribution is 1.86. The zero-order valence-electron chi connectivity index (χ0n) is 7.59. The van der Waals surface area contributed by atoms with Crippen molar-refractivity contribution >= 4 is 0 Å². The number of rotatable bonds is 0. The van der Waals surface area contributed by atoms with Gasteiger partial charge < -0.3 is 0 Å². The lowest BCUT2D eigenvalue weighted by Crippen LogP contribution is -1.72. The van der Waals surface area contributed by atoms with Crippen molar-refractivity contribution in [1.82, 2.24) is 9.97 Å². The first-order chi connectivity index (χ1) is 6.39. The molecule has 74 valence electrons. The van der Waals surface area contributed by atoms with E-state index in [9.17, 15) is 0 Å². The van der Waals surface area contributed by atoms with Crippen LogP contribution in [-0.2, 0) is 0 Å². The number of hydrogen-bond donors (Lipinski definition) is 0. The molecule has 0 bridgehead atoms. The average molecular weight is 188 g/mol. The molecule has 0 aliphatic heterocycles. The standard InChI is InChI=1S/C6H7N.C5H5N.CH4/c1-6-4-2-3-5-7-6;1-2-4-6-5-3-1;/h2-5H,1H3;1-5H;1H4. The highest BCUT2D eigenvalue weighted by molar-refractivity contribution is 4.99. The van der Waals surface area contributed by atoms with Crippen LogP contribution < -0.4 is 0 Å². The molecule has 0 amide bonds. The normalized spacial score (nSPS) is 7.79. The van der Waals surface area contributed by atoms with Gasteiger partial charge in [-0.3, -0.25) is 9.97 Å². The summed E-state index contributed by atoms with van der Waals surface area (Å²) in [6, 6.07) is 11.6. The second-order valence-electron chi connectivity index (χ2n) is 2.50. The van der Waals surface area contributed by atoms with Gasteiger partial charge in [0.15, 0.2) is 0 Å². The lowest BCUT2D eigenvalue weighted by molar-refractivity contribution is 1.20. The van der Waals surface area contributed by atoms with Crippen LogP contribution in [-0.4, -0.2) is 9.97 Å². The van der Waals surface area contributed by atoms with Crippen LogP contribution in [0.25, 0.3) is 0 Å². The predicted octanol–water partition coefficient (Wildman–Crippen LogP) is 3.11. The summed E-state index contributed by atoms with van der Waals surface area (Å²) in [5.74, 6) is 0. The zero-order chi connectivity index (χ0) is 9.36. The van der Waals surface area contributed by atoms with Crippen LogP contribution in [0.1, 0.15) is 13.1 Å². The Balaban J connectivity index is 0.000000227. The van der Waals surface area contributed by atoms with E-state index in [2.05, 4.69) is 9.97 Å². The molecular weight excluding hydrogens is 172 g/mol. The molecule has 2 aromatic heterocycles. The second-order valence-corrected chi connectivity index (χ2v) is 2.50. The van der Waals surface area contributed by atoms with Crippen molar-refractivity contribution in [3.63, 3.8) is 0 Å². The molecule has 14 heavy (non-hydrogen) atoms. The molecule has 0 aliphatic carbocycles. The lowest BCUT2D eigenvalue weighted by atomic mass is 10.4. The minimum absolute atomic E-state index is 0. The summed E-state index contributed by atoms with van der Waals surface area (Å²) < 4.78 is 0. The van der Waals surface area contributed by atoms with Gasteiger partial charge in [-0.05, 0) is 31.2 Å². The molecule has 2 heteroatoms. The molecule has 0 aliphatic rings. The molecule has 0 saturated heterocycles. The summed E-state index contributed by atoms with van der Waals surface area (Å²) in [5, 5.41) is 0. The van der Waals surface area contributed by atoms with Crippen molar-refractivity contribution < 1.29 is 0 Å². The van der Waals surface area contributed by atoms with Gasteiger partial charge in [-0.2, -0.15) is 0 Å². The zero-order valence-corrected chi connectivity index (χ0v) is 7.59.